The number of anilines is 2. The maximum Gasteiger partial charge on any atom is 0.261 e. The Labute approximate surface area is 170 Å². The molecule has 1 aliphatic heterocycles. The normalized spacial score (nSPS) is 13.2. The van der Waals surface area contributed by atoms with E-state index < -0.39 is 10.0 Å². The molecule has 0 spiro atoms. The van der Waals surface area contributed by atoms with Crippen LogP contribution >= 0.6 is 0 Å². The molecule has 0 atom stereocenters. The summed E-state index contributed by atoms with van der Waals surface area (Å²) in [4.78, 5) is 18.7. The molecule has 4 rings (SSSR count). The zero-order valence-corrected chi connectivity index (χ0v) is 17.0. The lowest BCUT2D eigenvalue weighted by Gasteiger charge is -2.18. The molecular weight excluding hydrogens is 386 g/mol. The Hall–Kier alpha value is -3.19. The summed E-state index contributed by atoms with van der Waals surface area (Å²) >= 11 is 0. The third-order valence-electron chi connectivity index (χ3n) is 5.19. The van der Waals surface area contributed by atoms with Crippen molar-refractivity contribution in [2.75, 3.05) is 16.2 Å². The molecule has 2 aromatic carbocycles. The van der Waals surface area contributed by atoms with Crippen molar-refractivity contribution in [1.29, 1.82) is 0 Å². The second-order valence-corrected chi connectivity index (χ2v) is 8.82. The fraction of sp³-hybridized carbons (Fsp3) is 0.182. The molecule has 2 heterocycles. The SMILES string of the molecule is Cc1ccc(S(=O)(=O)Nc2ccc3c(c2)N(C(=O)c2ccncc2)CC3)cc1C. The maximum atomic E-state index is 12.9. The highest BCUT2D eigenvalue weighted by Gasteiger charge is 2.26. The third kappa shape index (κ3) is 3.73. The Morgan fingerprint density at radius 3 is 2.48 bits per heavy atom. The summed E-state index contributed by atoms with van der Waals surface area (Å²) in [5, 5.41) is 0. The molecule has 1 aromatic heterocycles. The molecule has 1 N–H and O–H groups in total. The number of sulfonamides is 1. The van der Waals surface area contributed by atoms with E-state index in [0.717, 1.165) is 28.8 Å². The molecule has 0 radical (unpaired) electrons. The molecule has 1 aliphatic rings. The third-order valence-corrected chi connectivity index (χ3v) is 6.57. The molecule has 0 aliphatic carbocycles. The molecule has 1 amide bonds. The molecule has 148 valence electrons. The van der Waals surface area contributed by atoms with Crippen molar-refractivity contribution < 1.29 is 13.2 Å². The zero-order valence-electron chi connectivity index (χ0n) is 16.2. The Balaban J connectivity index is 1.63. The number of nitrogens with zero attached hydrogens (tertiary/aromatic N) is 2. The van der Waals surface area contributed by atoms with Gasteiger partial charge in [0, 0.05) is 30.2 Å². The van der Waals surface area contributed by atoms with Gasteiger partial charge in [0.2, 0.25) is 0 Å². The smallest absolute Gasteiger partial charge is 0.261 e. The molecule has 0 bridgehead atoms. The number of carbonyl (C=O) groups is 1. The summed E-state index contributed by atoms with van der Waals surface area (Å²) in [7, 11) is -3.72. The first-order valence-electron chi connectivity index (χ1n) is 9.30. The standard InChI is InChI=1S/C22H21N3O3S/c1-15-3-6-20(13-16(15)2)29(27,28)24-19-5-4-17-9-12-25(21(17)14-19)22(26)18-7-10-23-11-8-18/h3-8,10-11,13-14,24H,9,12H2,1-2H3. The summed E-state index contributed by atoms with van der Waals surface area (Å²) in [6, 6.07) is 13.7. The van der Waals surface area contributed by atoms with E-state index in [-0.39, 0.29) is 10.8 Å². The van der Waals surface area contributed by atoms with Gasteiger partial charge in [0.1, 0.15) is 0 Å². The lowest BCUT2D eigenvalue weighted by Crippen LogP contribution is -2.28. The summed E-state index contributed by atoms with van der Waals surface area (Å²) in [5.41, 5.74) is 4.67. The van der Waals surface area contributed by atoms with E-state index in [2.05, 4.69) is 9.71 Å². The lowest BCUT2D eigenvalue weighted by atomic mass is 10.1. The van der Waals surface area contributed by atoms with E-state index in [1.807, 2.05) is 19.9 Å². The minimum atomic E-state index is -3.72. The van der Waals surface area contributed by atoms with Gasteiger partial charge in [-0.25, -0.2) is 8.42 Å². The first-order valence-corrected chi connectivity index (χ1v) is 10.8. The van der Waals surface area contributed by atoms with Gasteiger partial charge in [-0.3, -0.25) is 14.5 Å². The van der Waals surface area contributed by atoms with Crippen molar-refractivity contribution in [2.24, 2.45) is 0 Å². The van der Waals surface area contributed by atoms with Crippen molar-refractivity contribution in [2.45, 2.75) is 25.2 Å². The number of pyridine rings is 1. The van der Waals surface area contributed by atoms with Crippen LogP contribution in [0, 0.1) is 13.8 Å². The van der Waals surface area contributed by atoms with Crippen molar-refractivity contribution in [3.63, 3.8) is 0 Å². The fourth-order valence-electron chi connectivity index (χ4n) is 3.40. The molecule has 0 saturated heterocycles. The van der Waals surface area contributed by atoms with Gasteiger partial charge in [0.15, 0.2) is 0 Å². The van der Waals surface area contributed by atoms with Gasteiger partial charge in [-0.1, -0.05) is 12.1 Å². The number of fused-ring (bicyclic) bond motifs is 1. The quantitative estimate of drug-likeness (QED) is 0.715. The minimum Gasteiger partial charge on any atom is -0.308 e. The maximum absolute atomic E-state index is 12.9. The average Bonchev–Trinajstić information content (AvgIpc) is 3.13. The number of benzene rings is 2. The van der Waals surface area contributed by atoms with E-state index in [1.165, 1.54) is 0 Å². The van der Waals surface area contributed by atoms with Gasteiger partial charge in [0.25, 0.3) is 15.9 Å². The first-order chi connectivity index (χ1) is 13.8. The van der Waals surface area contributed by atoms with Gasteiger partial charge in [-0.2, -0.15) is 0 Å². The van der Waals surface area contributed by atoms with Crippen LogP contribution in [-0.2, 0) is 16.4 Å². The van der Waals surface area contributed by atoms with Crippen molar-refractivity contribution in [3.05, 3.63) is 83.2 Å². The lowest BCUT2D eigenvalue weighted by molar-refractivity contribution is 0.0989. The fourth-order valence-corrected chi connectivity index (χ4v) is 4.53. The summed E-state index contributed by atoms with van der Waals surface area (Å²) < 4.78 is 28.2. The summed E-state index contributed by atoms with van der Waals surface area (Å²) in [6.45, 7) is 4.38. The Kier molecular flexibility index (Phi) is 4.84. The highest BCUT2D eigenvalue weighted by molar-refractivity contribution is 7.92. The van der Waals surface area contributed by atoms with Crippen LogP contribution in [0.4, 0.5) is 11.4 Å². The molecule has 7 heteroatoms. The number of rotatable bonds is 4. The van der Waals surface area contributed by atoms with Crippen molar-refractivity contribution in [1.82, 2.24) is 4.98 Å². The number of nitrogens with one attached hydrogen (secondary N) is 1. The summed E-state index contributed by atoms with van der Waals surface area (Å²) in [5.74, 6) is -0.125. The Morgan fingerprint density at radius 2 is 1.76 bits per heavy atom. The number of hydrogen-bond acceptors (Lipinski definition) is 4. The monoisotopic (exact) mass is 407 g/mol. The minimum absolute atomic E-state index is 0.125. The van der Waals surface area contributed by atoms with E-state index in [0.29, 0.717) is 17.8 Å². The van der Waals surface area contributed by atoms with Crippen LogP contribution in [0.1, 0.15) is 27.0 Å². The topological polar surface area (TPSA) is 79.4 Å². The molecular formula is C22H21N3O3S. The van der Waals surface area contributed by atoms with Gasteiger partial charge in [-0.05, 0) is 73.4 Å². The molecule has 0 unspecified atom stereocenters. The highest BCUT2D eigenvalue weighted by atomic mass is 32.2. The van der Waals surface area contributed by atoms with Crippen LogP contribution in [-0.4, -0.2) is 25.9 Å². The summed E-state index contributed by atoms with van der Waals surface area (Å²) in [6.07, 6.45) is 3.90. The van der Waals surface area contributed by atoms with E-state index in [4.69, 9.17) is 0 Å². The first kappa shape index (κ1) is 19.1. The van der Waals surface area contributed by atoms with Crippen molar-refractivity contribution in [3.8, 4) is 0 Å². The van der Waals surface area contributed by atoms with Crippen LogP contribution in [0.3, 0.4) is 0 Å². The van der Waals surface area contributed by atoms with E-state index in [1.54, 1.807) is 59.8 Å². The Morgan fingerprint density at radius 1 is 1.00 bits per heavy atom. The molecule has 3 aromatic rings. The second-order valence-electron chi connectivity index (χ2n) is 7.14. The number of carbonyl (C=O) groups excluding carboxylic acids is 1. The van der Waals surface area contributed by atoms with Crippen LogP contribution in [0.5, 0.6) is 0 Å². The highest BCUT2D eigenvalue weighted by Crippen LogP contribution is 2.32. The Bertz CT molecular complexity index is 1190. The van der Waals surface area contributed by atoms with E-state index in [9.17, 15) is 13.2 Å². The van der Waals surface area contributed by atoms with Crippen LogP contribution < -0.4 is 9.62 Å². The largest absolute Gasteiger partial charge is 0.308 e. The van der Waals surface area contributed by atoms with Gasteiger partial charge in [-0.15, -0.1) is 0 Å². The van der Waals surface area contributed by atoms with Gasteiger partial charge < -0.3 is 4.90 Å². The van der Waals surface area contributed by atoms with Crippen LogP contribution in [0.25, 0.3) is 0 Å². The zero-order chi connectivity index (χ0) is 20.6. The number of aromatic nitrogens is 1. The number of amides is 1. The van der Waals surface area contributed by atoms with Gasteiger partial charge in [0.05, 0.1) is 10.6 Å². The number of aryl methyl sites for hydroxylation is 2. The van der Waals surface area contributed by atoms with Gasteiger partial charge >= 0.3 is 0 Å². The predicted octanol–water partition coefficient (Wildman–Crippen LogP) is 3.70. The van der Waals surface area contributed by atoms with Crippen LogP contribution in [0.15, 0.2) is 65.8 Å². The predicted molar refractivity (Wildman–Crippen MR) is 113 cm³/mol. The molecule has 0 fully saturated rings. The van der Waals surface area contributed by atoms with Crippen molar-refractivity contribution >= 4 is 27.3 Å². The average molecular weight is 407 g/mol. The van der Waals surface area contributed by atoms with E-state index >= 15 is 0 Å². The molecule has 6 nitrogen and oxygen atoms in total. The molecule has 29 heavy (non-hydrogen) atoms. The molecule has 0 saturated carbocycles. The second kappa shape index (κ2) is 7.33. The van der Waals surface area contributed by atoms with Crippen LogP contribution in [0.2, 0.25) is 0 Å². The number of hydrogen-bond donors (Lipinski definition) is 1.